The molecule has 0 N–H and O–H groups in total. The van der Waals surface area contributed by atoms with Gasteiger partial charge in [0, 0.05) is 23.7 Å². The highest BCUT2D eigenvalue weighted by Crippen LogP contribution is 2.35. The number of aromatic nitrogens is 2. The normalized spacial score (nSPS) is 17.1. The van der Waals surface area contributed by atoms with Crippen LogP contribution >= 0.6 is 11.3 Å². The summed E-state index contributed by atoms with van der Waals surface area (Å²) in [4.78, 5) is 17.3. The Morgan fingerprint density at radius 2 is 2.12 bits per heavy atom. The number of aryl methyl sites for hydroxylation is 2. The van der Waals surface area contributed by atoms with E-state index in [0.29, 0.717) is 5.92 Å². The number of hydrogen-bond acceptors (Lipinski definition) is 3. The molecule has 1 amide bonds. The third kappa shape index (κ3) is 2.84. The zero-order valence-corrected chi connectivity index (χ0v) is 16.6. The topological polar surface area (TPSA) is 38.1 Å². The summed E-state index contributed by atoms with van der Waals surface area (Å²) in [6.07, 6.45) is 2.05. The average molecular weight is 368 g/mol. The second-order valence-electron chi connectivity index (χ2n) is 7.68. The molecule has 3 heterocycles. The smallest absolute Gasteiger partial charge is 0.268 e. The lowest BCUT2D eigenvalue weighted by Crippen LogP contribution is -2.41. The standard InChI is InChI=1S/C21H25N3OS/c1-13(2)12-23-21-17(15(4)22-23)11-19(26-21)20(25)24-14(3)9-10-16-7-5-6-8-18(16)24/h5-8,11,13-14H,9-10,12H2,1-4H3. The van der Waals surface area contributed by atoms with Crippen LogP contribution in [0.1, 0.15) is 48.1 Å². The average Bonchev–Trinajstić information content (AvgIpc) is 3.16. The highest BCUT2D eigenvalue weighted by molar-refractivity contribution is 7.20. The molecule has 0 aliphatic carbocycles. The van der Waals surface area contributed by atoms with Crippen molar-refractivity contribution in [2.45, 2.75) is 53.1 Å². The van der Waals surface area contributed by atoms with E-state index in [2.05, 4.69) is 48.8 Å². The summed E-state index contributed by atoms with van der Waals surface area (Å²) in [5.74, 6) is 0.633. The summed E-state index contributed by atoms with van der Waals surface area (Å²) in [5.41, 5.74) is 3.33. The minimum absolute atomic E-state index is 0.112. The van der Waals surface area contributed by atoms with Crippen molar-refractivity contribution in [2.75, 3.05) is 4.90 Å². The first-order valence-electron chi connectivity index (χ1n) is 9.34. The number of anilines is 1. The number of para-hydroxylation sites is 1. The van der Waals surface area contributed by atoms with Gasteiger partial charge in [-0.05, 0) is 50.3 Å². The zero-order chi connectivity index (χ0) is 18.4. The minimum atomic E-state index is 0.112. The van der Waals surface area contributed by atoms with E-state index >= 15 is 0 Å². The first kappa shape index (κ1) is 17.3. The van der Waals surface area contributed by atoms with Gasteiger partial charge in [-0.2, -0.15) is 5.10 Å². The third-order valence-corrected chi connectivity index (χ3v) is 6.23. The second kappa shape index (κ2) is 6.54. The van der Waals surface area contributed by atoms with Gasteiger partial charge in [0.05, 0.1) is 10.6 Å². The van der Waals surface area contributed by atoms with Gasteiger partial charge in [-0.25, -0.2) is 0 Å². The van der Waals surface area contributed by atoms with E-state index in [1.165, 1.54) is 5.56 Å². The molecule has 0 bridgehead atoms. The van der Waals surface area contributed by atoms with Crippen molar-refractivity contribution in [2.24, 2.45) is 5.92 Å². The summed E-state index contributed by atoms with van der Waals surface area (Å²) in [6, 6.07) is 10.5. The molecule has 0 radical (unpaired) electrons. The molecule has 4 rings (SSSR count). The molecular formula is C21H25N3OS. The van der Waals surface area contributed by atoms with E-state index in [4.69, 9.17) is 0 Å². The second-order valence-corrected chi connectivity index (χ2v) is 8.71. The van der Waals surface area contributed by atoms with E-state index < -0.39 is 0 Å². The Morgan fingerprint density at radius 1 is 1.35 bits per heavy atom. The molecule has 1 aliphatic rings. The number of carbonyl (C=O) groups excluding carboxylic acids is 1. The maximum Gasteiger partial charge on any atom is 0.268 e. The van der Waals surface area contributed by atoms with Crippen molar-refractivity contribution in [3.05, 3.63) is 46.5 Å². The molecule has 0 saturated carbocycles. The van der Waals surface area contributed by atoms with Gasteiger partial charge in [0.25, 0.3) is 5.91 Å². The van der Waals surface area contributed by atoms with Gasteiger partial charge >= 0.3 is 0 Å². The highest BCUT2D eigenvalue weighted by Gasteiger charge is 2.30. The van der Waals surface area contributed by atoms with E-state index in [1.807, 2.05) is 24.0 Å². The van der Waals surface area contributed by atoms with Crippen LogP contribution in [0.25, 0.3) is 10.2 Å². The molecule has 1 atom stereocenters. The van der Waals surface area contributed by atoms with Gasteiger partial charge in [0.2, 0.25) is 0 Å². The SMILES string of the molecule is Cc1nn(CC(C)C)c2sc(C(=O)N3c4ccccc4CCC3C)cc12. The number of hydrogen-bond donors (Lipinski definition) is 0. The lowest BCUT2D eigenvalue weighted by atomic mass is 9.96. The number of amides is 1. The largest absolute Gasteiger partial charge is 0.305 e. The molecule has 0 fully saturated rings. The first-order valence-corrected chi connectivity index (χ1v) is 10.2. The third-order valence-electron chi connectivity index (χ3n) is 5.10. The lowest BCUT2D eigenvalue weighted by molar-refractivity contribution is 0.0979. The Kier molecular flexibility index (Phi) is 4.35. The number of nitrogens with zero attached hydrogens (tertiary/aromatic N) is 3. The van der Waals surface area contributed by atoms with Crippen LogP contribution in [0.3, 0.4) is 0 Å². The number of rotatable bonds is 3. The highest BCUT2D eigenvalue weighted by atomic mass is 32.1. The molecule has 26 heavy (non-hydrogen) atoms. The van der Waals surface area contributed by atoms with Crippen molar-refractivity contribution in [3.63, 3.8) is 0 Å². The van der Waals surface area contributed by atoms with Gasteiger partial charge < -0.3 is 4.90 Å². The number of carbonyl (C=O) groups is 1. The molecule has 1 aliphatic heterocycles. The van der Waals surface area contributed by atoms with Crippen molar-refractivity contribution in [1.82, 2.24) is 9.78 Å². The summed E-state index contributed by atoms with van der Waals surface area (Å²) in [7, 11) is 0. The molecule has 136 valence electrons. The Balaban J connectivity index is 1.75. The van der Waals surface area contributed by atoms with Crippen molar-refractivity contribution in [1.29, 1.82) is 0 Å². The van der Waals surface area contributed by atoms with Crippen LogP contribution < -0.4 is 4.90 Å². The van der Waals surface area contributed by atoms with Crippen molar-refractivity contribution < 1.29 is 4.79 Å². The maximum absolute atomic E-state index is 13.4. The fraction of sp³-hybridized carbons (Fsp3) is 0.429. The fourth-order valence-corrected chi connectivity index (χ4v) is 4.91. The van der Waals surface area contributed by atoms with E-state index in [-0.39, 0.29) is 11.9 Å². The Morgan fingerprint density at radius 3 is 2.88 bits per heavy atom. The van der Waals surface area contributed by atoms with E-state index in [1.54, 1.807) is 11.3 Å². The van der Waals surface area contributed by atoms with Gasteiger partial charge in [-0.3, -0.25) is 9.48 Å². The van der Waals surface area contributed by atoms with Crippen molar-refractivity contribution in [3.8, 4) is 0 Å². The molecule has 0 saturated heterocycles. The number of benzene rings is 1. The quantitative estimate of drug-likeness (QED) is 0.650. The van der Waals surface area contributed by atoms with E-state index in [9.17, 15) is 4.79 Å². The molecular weight excluding hydrogens is 342 g/mol. The van der Waals surface area contributed by atoms with Gasteiger partial charge in [-0.1, -0.05) is 32.0 Å². The van der Waals surface area contributed by atoms with Gasteiger partial charge in [0.15, 0.2) is 0 Å². The zero-order valence-electron chi connectivity index (χ0n) is 15.8. The fourth-order valence-electron chi connectivity index (χ4n) is 3.80. The predicted octanol–water partition coefficient (Wildman–Crippen LogP) is 5.04. The van der Waals surface area contributed by atoms with Gasteiger partial charge in [0.1, 0.15) is 4.83 Å². The Bertz CT molecular complexity index is 969. The van der Waals surface area contributed by atoms with Crippen molar-refractivity contribution >= 4 is 33.1 Å². The minimum Gasteiger partial charge on any atom is -0.305 e. The molecule has 3 aromatic rings. The molecule has 0 spiro atoms. The molecule has 5 heteroatoms. The Hall–Kier alpha value is -2.14. The molecule has 4 nitrogen and oxygen atoms in total. The van der Waals surface area contributed by atoms with Crippen LogP contribution in [-0.2, 0) is 13.0 Å². The number of fused-ring (bicyclic) bond motifs is 2. The summed E-state index contributed by atoms with van der Waals surface area (Å²) in [5, 5.41) is 5.76. The summed E-state index contributed by atoms with van der Waals surface area (Å²) >= 11 is 1.57. The van der Waals surface area contributed by atoms with Crippen LogP contribution in [0.5, 0.6) is 0 Å². The maximum atomic E-state index is 13.4. The van der Waals surface area contributed by atoms with E-state index in [0.717, 1.165) is 45.9 Å². The monoisotopic (exact) mass is 367 g/mol. The van der Waals surface area contributed by atoms with Crippen LogP contribution in [0.2, 0.25) is 0 Å². The van der Waals surface area contributed by atoms with Gasteiger partial charge in [-0.15, -0.1) is 11.3 Å². The Labute approximate surface area is 158 Å². The summed E-state index contributed by atoms with van der Waals surface area (Å²) < 4.78 is 2.06. The number of thiophene rings is 1. The molecule has 2 aromatic heterocycles. The van der Waals surface area contributed by atoms with Crippen LogP contribution in [0.4, 0.5) is 5.69 Å². The summed E-state index contributed by atoms with van der Waals surface area (Å²) in [6.45, 7) is 9.43. The molecule has 1 unspecified atom stereocenters. The van der Waals surface area contributed by atoms with Crippen LogP contribution in [-0.4, -0.2) is 21.7 Å². The lowest BCUT2D eigenvalue weighted by Gasteiger charge is -2.35. The first-order chi connectivity index (χ1) is 12.5. The van der Waals surface area contributed by atoms with Crippen LogP contribution in [0.15, 0.2) is 30.3 Å². The molecule has 1 aromatic carbocycles. The van der Waals surface area contributed by atoms with Crippen LogP contribution in [0, 0.1) is 12.8 Å². The predicted molar refractivity (Wildman–Crippen MR) is 108 cm³/mol.